The van der Waals surface area contributed by atoms with Crippen molar-refractivity contribution in [3.05, 3.63) is 65.7 Å². The van der Waals surface area contributed by atoms with Crippen LogP contribution >= 0.6 is 0 Å². The zero-order valence-electron chi connectivity index (χ0n) is 13.8. The first kappa shape index (κ1) is 19.4. The predicted octanol–water partition coefficient (Wildman–Crippen LogP) is -0.760. The summed E-state index contributed by atoms with van der Waals surface area (Å²) >= 11 is 0. The lowest BCUT2D eigenvalue weighted by molar-refractivity contribution is -0.00000795. The van der Waals surface area contributed by atoms with Gasteiger partial charge in [-0.3, -0.25) is 0 Å². The average Bonchev–Trinajstić information content (AvgIpc) is 2.62. The molecule has 1 aliphatic rings. The Hall–Kier alpha value is -1.91. The molecule has 0 saturated carbocycles. The van der Waals surface area contributed by atoms with E-state index < -0.39 is 10.0 Å². The number of hydrogen-bond donors (Lipinski definition) is 0. The molecule has 1 fully saturated rings. The Morgan fingerprint density at radius 3 is 2.28 bits per heavy atom. The van der Waals surface area contributed by atoms with Gasteiger partial charge in [0.25, 0.3) is 0 Å². The maximum absolute atomic E-state index is 13.1. The smallest absolute Gasteiger partial charge is 0.243 e. The lowest BCUT2D eigenvalue weighted by Gasteiger charge is -2.39. The van der Waals surface area contributed by atoms with Gasteiger partial charge in [0.15, 0.2) is 0 Å². The first-order valence-corrected chi connectivity index (χ1v) is 9.22. The van der Waals surface area contributed by atoms with Gasteiger partial charge < -0.3 is 17.3 Å². The van der Waals surface area contributed by atoms with Crippen LogP contribution < -0.4 is 12.4 Å². The summed E-state index contributed by atoms with van der Waals surface area (Å²) in [7, 11) is -1.61. The predicted molar refractivity (Wildman–Crippen MR) is 91.7 cm³/mol. The fraction of sp³-hybridized carbons (Fsp3) is 0.278. The van der Waals surface area contributed by atoms with E-state index in [1.807, 2.05) is 43.4 Å². The third-order valence-electron chi connectivity index (χ3n) is 4.31. The summed E-state index contributed by atoms with van der Waals surface area (Å²) in [6.45, 7) is 1.79. The molecule has 2 aromatic rings. The van der Waals surface area contributed by atoms with E-state index >= 15 is 0 Å². The topological polar surface area (TPSA) is 64.4 Å². The molecule has 7 heteroatoms. The Labute approximate surface area is 154 Å². The van der Waals surface area contributed by atoms with Crippen molar-refractivity contribution in [1.82, 2.24) is 9.21 Å². The van der Waals surface area contributed by atoms with Crippen LogP contribution in [0.25, 0.3) is 0 Å². The molecule has 1 unspecified atom stereocenters. The van der Waals surface area contributed by atoms with E-state index in [4.69, 9.17) is 5.26 Å². The van der Waals surface area contributed by atoms with Gasteiger partial charge in [0.05, 0.1) is 22.6 Å². The number of likely N-dealkylation sites (N-methyl/N-ethyl adjacent to an activating group) is 1. The Morgan fingerprint density at radius 1 is 1.04 bits per heavy atom. The standard InChI is InChI=1S/C18H19N3O2S.ClH/c1-20-11-12-21(18(14-20)16-5-3-2-4-6-16)24(22,23)17-9-7-15(13-19)8-10-17;/h2-10,18H,11-12,14H2,1H3;1H/p-1. The number of nitrogens with zero attached hydrogens (tertiary/aromatic N) is 3. The van der Waals surface area contributed by atoms with Crippen molar-refractivity contribution in [2.24, 2.45) is 0 Å². The molecule has 0 spiro atoms. The van der Waals surface area contributed by atoms with E-state index in [0.717, 1.165) is 5.56 Å². The molecule has 0 bridgehead atoms. The number of hydrogen-bond acceptors (Lipinski definition) is 4. The third-order valence-corrected chi connectivity index (χ3v) is 6.23. The highest BCUT2D eigenvalue weighted by molar-refractivity contribution is 7.89. The van der Waals surface area contributed by atoms with Gasteiger partial charge in [-0.1, -0.05) is 30.3 Å². The molecule has 1 aliphatic heterocycles. The van der Waals surface area contributed by atoms with Crippen molar-refractivity contribution in [1.29, 1.82) is 5.26 Å². The molecule has 25 heavy (non-hydrogen) atoms. The van der Waals surface area contributed by atoms with Crippen LogP contribution in [0.15, 0.2) is 59.5 Å². The van der Waals surface area contributed by atoms with Crippen molar-refractivity contribution in [2.45, 2.75) is 10.9 Å². The Kier molecular flexibility index (Phi) is 6.20. The summed E-state index contributed by atoms with van der Waals surface area (Å²) in [5.74, 6) is 0. The normalized spacial score (nSPS) is 19.0. The number of halogens is 1. The SMILES string of the molecule is CN1CCN(S(=O)(=O)c2ccc(C#N)cc2)C(c2ccccc2)C1.[Cl-]. The van der Waals surface area contributed by atoms with Gasteiger partial charge in [0.2, 0.25) is 10.0 Å². The van der Waals surface area contributed by atoms with Crippen LogP contribution in [0.1, 0.15) is 17.2 Å². The number of rotatable bonds is 3. The second-order valence-corrected chi connectivity index (χ2v) is 7.83. The van der Waals surface area contributed by atoms with Gasteiger partial charge in [-0.25, -0.2) is 8.42 Å². The monoisotopic (exact) mass is 376 g/mol. The van der Waals surface area contributed by atoms with Gasteiger partial charge in [-0.05, 0) is 36.9 Å². The molecule has 2 aromatic carbocycles. The third kappa shape index (κ3) is 4.02. The summed E-state index contributed by atoms with van der Waals surface area (Å²) in [5, 5.41) is 8.88. The number of benzene rings is 2. The molecule has 1 saturated heterocycles. The molecular weight excluding hydrogens is 358 g/mol. The van der Waals surface area contributed by atoms with E-state index in [9.17, 15) is 8.42 Å². The van der Waals surface area contributed by atoms with E-state index in [-0.39, 0.29) is 23.3 Å². The van der Waals surface area contributed by atoms with Gasteiger partial charge in [-0.2, -0.15) is 9.57 Å². The average molecular weight is 377 g/mol. The molecule has 0 amide bonds. The molecule has 0 radical (unpaired) electrons. The van der Waals surface area contributed by atoms with Gasteiger partial charge in [0.1, 0.15) is 0 Å². The van der Waals surface area contributed by atoms with E-state index in [1.165, 1.54) is 12.1 Å². The lowest BCUT2D eigenvalue weighted by Crippen LogP contribution is -3.00. The van der Waals surface area contributed by atoms with Crippen LogP contribution in [0.3, 0.4) is 0 Å². The number of piperazine rings is 1. The molecule has 0 aliphatic carbocycles. The van der Waals surface area contributed by atoms with Crippen LogP contribution in [-0.4, -0.2) is 44.3 Å². The molecule has 1 heterocycles. The van der Waals surface area contributed by atoms with Crippen LogP contribution in [-0.2, 0) is 10.0 Å². The van der Waals surface area contributed by atoms with Crippen LogP contribution in [0.2, 0.25) is 0 Å². The molecule has 1 atom stereocenters. The van der Waals surface area contributed by atoms with Gasteiger partial charge in [-0.15, -0.1) is 0 Å². The minimum Gasteiger partial charge on any atom is -1.00 e. The Bertz CT molecular complexity index is 848. The number of nitriles is 1. The first-order chi connectivity index (χ1) is 11.5. The molecular formula is C18H19ClN3O2S-. The molecule has 0 N–H and O–H groups in total. The Balaban J connectivity index is 0.00000225. The van der Waals surface area contributed by atoms with Crippen LogP contribution in [0, 0.1) is 11.3 Å². The molecule has 132 valence electrons. The van der Waals surface area contributed by atoms with Gasteiger partial charge >= 0.3 is 0 Å². The second-order valence-electron chi connectivity index (χ2n) is 5.94. The van der Waals surface area contributed by atoms with E-state index in [2.05, 4.69) is 4.90 Å². The zero-order chi connectivity index (χ0) is 17.2. The lowest BCUT2D eigenvalue weighted by atomic mass is 10.1. The van der Waals surface area contributed by atoms with Crippen LogP contribution in [0.5, 0.6) is 0 Å². The van der Waals surface area contributed by atoms with Crippen molar-refractivity contribution in [3.8, 4) is 6.07 Å². The largest absolute Gasteiger partial charge is 1.00 e. The highest BCUT2D eigenvalue weighted by atomic mass is 35.5. The quantitative estimate of drug-likeness (QED) is 0.706. The summed E-state index contributed by atoms with van der Waals surface area (Å²) in [6.07, 6.45) is 0. The summed E-state index contributed by atoms with van der Waals surface area (Å²) in [5.41, 5.74) is 1.44. The Morgan fingerprint density at radius 2 is 1.68 bits per heavy atom. The van der Waals surface area contributed by atoms with Crippen molar-refractivity contribution in [2.75, 3.05) is 26.7 Å². The van der Waals surface area contributed by atoms with Crippen molar-refractivity contribution < 1.29 is 20.8 Å². The molecule has 3 rings (SSSR count). The number of sulfonamides is 1. The summed E-state index contributed by atoms with van der Waals surface area (Å²) in [4.78, 5) is 2.37. The highest BCUT2D eigenvalue weighted by Gasteiger charge is 2.35. The minimum absolute atomic E-state index is 0. The maximum Gasteiger partial charge on any atom is 0.243 e. The van der Waals surface area contributed by atoms with Crippen molar-refractivity contribution >= 4 is 10.0 Å². The maximum atomic E-state index is 13.1. The zero-order valence-corrected chi connectivity index (χ0v) is 15.4. The fourth-order valence-electron chi connectivity index (χ4n) is 2.97. The van der Waals surface area contributed by atoms with Crippen molar-refractivity contribution in [3.63, 3.8) is 0 Å². The van der Waals surface area contributed by atoms with E-state index in [0.29, 0.717) is 25.2 Å². The minimum atomic E-state index is -3.61. The van der Waals surface area contributed by atoms with E-state index in [1.54, 1.807) is 16.4 Å². The van der Waals surface area contributed by atoms with Gasteiger partial charge in [0, 0.05) is 19.6 Å². The second kappa shape index (κ2) is 7.98. The molecule has 0 aromatic heterocycles. The summed E-state index contributed by atoms with van der Waals surface area (Å²) < 4.78 is 27.8. The summed E-state index contributed by atoms with van der Waals surface area (Å²) in [6, 6.07) is 17.6. The highest BCUT2D eigenvalue weighted by Crippen LogP contribution is 2.30. The van der Waals surface area contributed by atoms with Crippen LogP contribution in [0.4, 0.5) is 0 Å². The first-order valence-electron chi connectivity index (χ1n) is 7.78. The molecule has 5 nitrogen and oxygen atoms in total. The fourth-order valence-corrected chi connectivity index (χ4v) is 4.57.